The van der Waals surface area contributed by atoms with Crippen LogP contribution in [-0.2, 0) is 22.3 Å². The lowest BCUT2D eigenvalue weighted by Crippen LogP contribution is -2.00. The van der Waals surface area contributed by atoms with Crippen molar-refractivity contribution in [1.82, 2.24) is 4.98 Å². The van der Waals surface area contributed by atoms with E-state index in [0.717, 1.165) is 11.1 Å². The molecule has 0 saturated heterocycles. The van der Waals surface area contributed by atoms with Crippen LogP contribution in [0.15, 0.2) is 59.2 Å². The van der Waals surface area contributed by atoms with Gasteiger partial charge in [0.15, 0.2) is 0 Å². The summed E-state index contributed by atoms with van der Waals surface area (Å²) in [6, 6.07) is 15.4. The zero-order valence-electron chi connectivity index (χ0n) is 12.7. The maximum atomic E-state index is 12.3. The van der Waals surface area contributed by atoms with Crippen LogP contribution in [0.3, 0.4) is 0 Å². The van der Waals surface area contributed by atoms with Gasteiger partial charge in [-0.05, 0) is 30.7 Å². The molecule has 3 aromatic rings. The number of aryl methyl sites for hydroxylation is 1. The van der Waals surface area contributed by atoms with E-state index >= 15 is 0 Å². The minimum atomic E-state index is -1.02. The molecule has 0 fully saturated rings. The van der Waals surface area contributed by atoms with Crippen molar-refractivity contribution in [3.05, 3.63) is 76.6 Å². The van der Waals surface area contributed by atoms with Gasteiger partial charge in [-0.15, -0.1) is 0 Å². The first-order valence-electron chi connectivity index (χ1n) is 7.21. The molecule has 3 nitrogen and oxygen atoms in total. The summed E-state index contributed by atoms with van der Waals surface area (Å²) < 4.78 is 17.7. The van der Waals surface area contributed by atoms with Crippen LogP contribution in [0, 0.1) is 6.92 Å². The van der Waals surface area contributed by atoms with Gasteiger partial charge in [-0.3, -0.25) is 4.21 Å². The molecule has 0 saturated carbocycles. The minimum absolute atomic E-state index is 0.373. The molecule has 1 aromatic heterocycles. The van der Waals surface area contributed by atoms with Crippen molar-refractivity contribution in [3.63, 3.8) is 0 Å². The summed E-state index contributed by atoms with van der Waals surface area (Å²) in [5.41, 5.74) is 3.76. The van der Waals surface area contributed by atoms with Crippen molar-refractivity contribution >= 4 is 22.4 Å². The van der Waals surface area contributed by atoms with Gasteiger partial charge in [0.2, 0.25) is 5.89 Å². The molecule has 2 aromatic carbocycles. The summed E-state index contributed by atoms with van der Waals surface area (Å²) >= 11 is 5.97. The average Bonchev–Trinajstić information content (AvgIpc) is 2.98. The van der Waals surface area contributed by atoms with Gasteiger partial charge in [-0.1, -0.05) is 47.5 Å². The number of nitrogens with zero attached hydrogens (tertiary/aromatic N) is 1. The smallest absolute Gasteiger partial charge is 0.226 e. The van der Waals surface area contributed by atoms with Crippen molar-refractivity contribution < 1.29 is 8.63 Å². The highest BCUT2D eigenvalue weighted by Gasteiger charge is 2.10. The normalized spacial score (nSPS) is 12.3. The molecule has 0 aliphatic heterocycles. The third kappa shape index (κ3) is 4.30. The van der Waals surface area contributed by atoms with Gasteiger partial charge in [0.05, 0.1) is 11.4 Å². The second kappa shape index (κ2) is 7.11. The molecule has 3 rings (SSSR count). The van der Waals surface area contributed by atoms with Crippen molar-refractivity contribution in [2.75, 3.05) is 0 Å². The Morgan fingerprint density at radius 3 is 2.65 bits per heavy atom. The van der Waals surface area contributed by atoms with E-state index in [2.05, 4.69) is 4.98 Å². The topological polar surface area (TPSA) is 43.1 Å². The van der Waals surface area contributed by atoms with Gasteiger partial charge in [0.25, 0.3) is 0 Å². The largest absolute Gasteiger partial charge is 0.444 e. The van der Waals surface area contributed by atoms with Crippen molar-refractivity contribution in [1.29, 1.82) is 0 Å². The summed E-state index contributed by atoms with van der Waals surface area (Å²) in [6.45, 7) is 2.04. The fraction of sp³-hybridized carbons (Fsp3) is 0.167. The number of hydrogen-bond donors (Lipinski definition) is 0. The predicted molar refractivity (Wildman–Crippen MR) is 93.7 cm³/mol. The number of halogens is 1. The third-order valence-electron chi connectivity index (χ3n) is 3.38. The summed E-state index contributed by atoms with van der Waals surface area (Å²) in [6.07, 6.45) is 1.56. The lowest BCUT2D eigenvalue weighted by atomic mass is 10.2. The van der Waals surface area contributed by atoms with E-state index in [1.165, 1.54) is 5.56 Å². The Kier molecular flexibility index (Phi) is 4.94. The van der Waals surface area contributed by atoms with E-state index in [-0.39, 0.29) is 0 Å². The highest BCUT2D eigenvalue weighted by atomic mass is 35.5. The molecule has 23 heavy (non-hydrogen) atoms. The van der Waals surface area contributed by atoms with Crippen LogP contribution in [0.25, 0.3) is 11.5 Å². The van der Waals surface area contributed by atoms with Gasteiger partial charge < -0.3 is 4.42 Å². The summed E-state index contributed by atoms with van der Waals surface area (Å²) in [7, 11) is -1.02. The highest BCUT2D eigenvalue weighted by Crippen LogP contribution is 2.22. The zero-order valence-corrected chi connectivity index (χ0v) is 14.2. The molecule has 0 aliphatic carbocycles. The Morgan fingerprint density at radius 1 is 1.13 bits per heavy atom. The quantitative estimate of drug-likeness (QED) is 0.670. The Morgan fingerprint density at radius 2 is 1.91 bits per heavy atom. The van der Waals surface area contributed by atoms with Gasteiger partial charge in [-0.25, -0.2) is 4.98 Å². The molecule has 1 atom stereocenters. The third-order valence-corrected chi connectivity index (χ3v) is 4.89. The van der Waals surface area contributed by atoms with Gasteiger partial charge in [-0.2, -0.15) is 0 Å². The second-order valence-electron chi connectivity index (χ2n) is 5.37. The molecule has 118 valence electrons. The van der Waals surface area contributed by atoms with Gasteiger partial charge >= 0.3 is 0 Å². The van der Waals surface area contributed by atoms with E-state index in [1.807, 2.05) is 43.3 Å². The fourth-order valence-electron chi connectivity index (χ4n) is 2.21. The Hall–Kier alpha value is -1.91. The summed E-state index contributed by atoms with van der Waals surface area (Å²) in [4.78, 5) is 4.40. The molecule has 0 radical (unpaired) electrons. The lowest BCUT2D eigenvalue weighted by molar-refractivity contribution is 0.573. The van der Waals surface area contributed by atoms with Crippen LogP contribution < -0.4 is 0 Å². The molecule has 0 spiro atoms. The monoisotopic (exact) mass is 345 g/mol. The molecule has 5 heteroatoms. The van der Waals surface area contributed by atoms with E-state index in [0.29, 0.717) is 28.1 Å². The standard InChI is InChI=1S/C18H16ClNO2S/c1-13-5-7-14(8-6-13)11-23(21)12-17-10-22-18(20-17)15-3-2-4-16(19)9-15/h2-10H,11-12H2,1H3. The first-order valence-corrected chi connectivity index (χ1v) is 9.07. The molecule has 0 aliphatic rings. The summed E-state index contributed by atoms with van der Waals surface area (Å²) in [5.74, 6) is 1.38. The molecular weight excluding hydrogens is 330 g/mol. The minimum Gasteiger partial charge on any atom is -0.444 e. The van der Waals surface area contributed by atoms with Gasteiger partial charge in [0, 0.05) is 27.1 Å². The SMILES string of the molecule is Cc1ccc(CS(=O)Cc2coc(-c3cccc(Cl)c3)n2)cc1. The number of hydrogen-bond acceptors (Lipinski definition) is 3. The molecule has 0 amide bonds. The number of oxazole rings is 1. The zero-order chi connectivity index (χ0) is 16.2. The number of benzene rings is 2. The van der Waals surface area contributed by atoms with Crippen LogP contribution in [-0.4, -0.2) is 9.19 Å². The fourth-order valence-corrected chi connectivity index (χ4v) is 3.53. The van der Waals surface area contributed by atoms with Crippen LogP contribution in [0.1, 0.15) is 16.8 Å². The summed E-state index contributed by atoms with van der Waals surface area (Å²) in [5, 5.41) is 0.630. The van der Waals surface area contributed by atoms with Crippen molar-refractivity contribution in [2.45, 2.75) is 18.4 Å². The van der Waals surface area contributed by atoms with E-state index in [1.54, 1.807) is 18.4 Å². The highest BCUT2D eigenvalue weighted by molar-refractivity contribution is 7.83. The molecular formula is C18H16ClNO2S. The van der Waals surface area contributed by atoms with E-state index in [9.17, 15) is 4.21 Å². The number of aromatic nitrogens is 1. The van der Waals surface area contributed by atoms with Crippen LogP contribution in [0.5, 0.6) is 0 Å². The van der Waals surface area contributed by atoms with Crippen LogP contribution in [0.2, 0.25) is 5.02 Å². The average molecular weight is 346 g/mol. The first-order chi connectivity index (χ1) is 11.1. The van der Waals surface area contributed by atoms with Crippen LogP contribution >= 0.6 is 11.6 Å². The first kappa shape index (κ1) is 16.0. The number of rotatable bonds is 5. The Labute approximate surface area is 142 Å². The Balaban J connectivity index is 1.66. The van der Waals surface area contributed by atoms with Gasteiger partial charge in [0.1, 0.15) is 6.26 Å². The molecule has 0 bridgehead atoms. The second-order valence-corrected chi connectivity index (χ2v) is 7.26. The predicted octanol–water partition coefficient (Wildman–Crippen LogP) is 4.75. The van der Waals surface area contributed by atoms with Crippen LogP contribution in [0.4, 0.5) is 0 Å². The molecule has 0 N–H and O–H groups in total. The van der Waals surface area contributed by atoms with E-state index in [4.69, 9.17) is 16.0 Å². The maximum Gasteiger partial charge on any atom is 0.226 e. The maximum absolute atomic E-state index is 12.3. The van der Waals surface area contributed by atoms with Crippen molar-refractivity contribution in [3.8, 4) is 11.5 Å². The Bertz CT molecular complexity index is 827. The molecule has 1 heterocycles. The van der Waals surface area contributed by atoms with Crippen molar-refractivity contribution in [2.24, 2.45) is 0 Å². The molecule has 1 unspecified atom stereocenters. The lowest BCUT2D eigenvalue weighted by Gasteiger charge is -2.01. The van der Waals surface area contributed by atoms with E-state index < -0.39 is 10.8 Å².